The van der Waals surface area contributed by atoms with Crippen LogP contribution in [0.5, 0.6) is 0 Å². The molecule has 20 heavy (non-hydrogen) atoms. The number of nitrogens with zero attached hydrogens (tertiary/aromatic N) is 1. The number of sulfonamides is 1. The highest BCUT2D eigenvalue weighted by Crippen LogP contribution is 2.34. The predicted molar refractivity (Wildman–Crippen MR) is 74.6 cm³/mol. The van der Waals surface area contributed by atoms with Crippen molar-refractivity contribution in [1.29, 1.82) is 0 Å². The van der Waals surface area contributed by atoms with E-state index in [0.717, 1.165) is 11.3 Å². The zero-order chi connectivity index (χ0) is 15.1. The van der Waals surface area contributed by atoms with E-state index in [0.29, 0.717) is 17.8 Å². The molecule has 0 bridgehead atoms. The third kappa shape index (κ3) is 2.48. The Bertz CT molecular complexity index is 622. The van der Waals surface area contributed by atoms with E-state index < -0.39 is 22.0 Å². The van der Waals surface area contributed by atoms with E-state index in [2.05, 4.69) is 0 Å². The maximum Gasteiger partial charge on any atom is 0.345 e. The van der Waals surface area contributed by atoms with E-state index in [9.17, 15) is 18.3 Å². The first-order chi connectivity index (χ1) is 9.28. The van der Waals surface area contributed by atoms with Gasteiger partial charge in [0.2, 0.25) is 10.0 Å². The maximum atomic E-state index is 12.6. The number of thiophene rings is 1. The molecule has 1 saturated heterocycles. The monoisotopic (exact) mass is 319 g/mol. The summed E-state index contributed by atoms with van der Waals surface area (Å²) in [5.74, 6) is -1.04. The van der Waals surface area contributed by atoms with E-state index >= 15 is 0 Å². The van der Waals surface area contributed by atoms with Gasteiger partial charge in [-0.3, -0.25) is 0 Å². The first-order valence-corrected chi connectivity index (χ1v) is 8.51. The summed E-state index contributed by atoms with van der Waals surface area (Å²) >= 11 is 0.950. The van der Waals surface area contributed by atoms with Gasteiger partial charge in [0.1, 0.15) is 4.88 Å². The fourth-order valence-corrected chi connectivity index (χ4v) is 5.62. The van der Waals surface area contributed by atoms with E-state index in [-0.39, 0.29) is 22.3 Å². The van der Waals surface area contributed by atoms with Crippen LogP contribution >= 0.6 is 11.3 Å². The lowest BCUT2D eigenvalue weighted by Crippen LogP contribution is -2.39. The quantitative estimate of drug-likeness (QED) is 0.868. The number of hydrogen-bond donors (Lipinski definition) is 2. The molecule has 0 saturated carbocycles. The highest BCUT2D eigenvalue weighted by Gasteiger charge is 2.40. The fourth-order valence-electron chi connectivity index (χ4n) is 2.50. The average Bonchev–Trinajstić information content (AvgIpc) is 2.92. The molecule has 8 heteroatoms. The van der Waals surface area contributed by atoms with Gasteiger partial charge in [-0.15, -0.1) is 11.3 Å². The minimum absolute atomic E-state index is 0.00821. The van der Waals surface area contributed by atoms with Crippen LogP contribution in [-0.2, 0) is 10.0 Å². The summed E-state index contributed by atoms with van der Waals surface area (Å²) in [5, 5.41) is 18.3. The molecular formula is C12H17NO5S2. The highest BCUT2D eigenvalue weighted by atomic mass is 32.2. The molecule has 2 heterocycles. The number of rotatable bonds is 4. The SMILES string of the molecule is Cc1sc(C(=O)O)cc1S(=O)(=O)N1CCC(C)C1CO. The minimum Gasteiger partial charge on any atom is -0.477 e. The maximum absolute atomic E-state index is 12.6. The second-order valence-corrected chi connectivity index (χ2v) is 8.08. The number of carboxylic acid groups (broad SMARTS) is 1. The molecule has 2 atom stereocenters. The lowest BCUT2D eigenvalue weighted by molar-refractivity contribution is 0.0702. The van der Waals surface area contributed by atoms with Gasteiger partial charge in [0.15, 0.2) is 0 Å². The zero-order valence-electron chi connectivity index (χ0n) is 11.2. The standard InChI is InChI=1S/C12H17NO5S2/c1-7-3-4-13(9(7)6-14)20(17,18)11-5-10(12(15)16)19-8(11)2/h5,7,9,14H,3-4,6H2,1-2H3,(H,15,16). The molecule has 0 spiro atoms. The Balaban J connectivity index is 2.43. The Morgan fingerprint density at radius 1 is 1.55 bits per heavy atom. The molecule has 112 valence electrons. The summed E-state index contributed by atoms with van der Waals surface area (Å²) in [5.41, 5.74) is 0. The molecule has 2 N–H and O–H groups in total. The van der Waals surface area contributed by atoms with E-state index in [1.807, 2.05) is 6.92 Å². The van der Waals surface area contributed by atoms with Crippen LogP contribution in [0.25, 0.3) is 0 Å². The number of carbonyl (C=O) groups is 1. The largest absolute Gasteiger partial charge is 0.477 e. The van der Waals surface area contributed by atoms with Crippen LogP contribution in [0.2, 0.25) is 0 Å². The normalized spacial score (nSPS) is 24.1. The zero-order valence-corrected chi connectivity index (χ0v) is 12.9. The Morgan fingerprint density at radius 2 is 2.20 bits per heavy atom. The van der Waals surface area contributed by atoms with Crippen molar-refractivity contribution in [3.05, 3.63) is 15.8 Å². The van der Waals surface area contributed by atoms with Gasteiger partial charge in [-0.2, -0.15) is 4.31 Å². The number of aliphatic hydroxyl groups is 1. The van der Waals surface area contributed by atoms with Crippen LogP contribution in [-0.4, -0.2) is 48.1 Å². The van der Waals surface area contributed by atoms with Gasteiger partial charge in [-0.1, -0.05) is 6.92 Å². The molecule has 1 aromatic rings. The highest BCUT2D eigenvalue weighted by molar-refractivity contribution is 7.89. The second-order valence-electron chi connectivity index (χ2n) is 4.97. The molecule has 2 unspecified atom stereocenters. The minimum atomic E-state index is -3.76. The van der Waals surface area contributed by atoms with Crippen molar-refractivity contribution in [3.63, 3.8) is 0 Å². The smallest absolute Gasteiger partial charge is 0.345 e. The molecule has 0 amide bonds. The summed E-state index contributed by atoms with van der Waals surface area (Å²) in [4.78, 5) is 11.4. The number of aromatic carboxylic acids is 1. The summed E-state index contributed by atoms with van der Waals surface area (Å²) in [6, 6.07) is 0.766. The third-order valence-electron chi connectivity index (χ3n) is 3.69. The van der Waals surface area contributed by atoms with Gasteiger partial charge in [-0.05, 0) is 25.3 Å². The molecule has 0 aliphatic carbocycles. The van der Waals surface area contributed by atoms with Gasteiger partial charge >= 0.3 is 5.97 Å². The van der Waals surface area contributed by atoms with Gasteiger partial charge in [-0.25, -0.2) is 13.2 Å². The van der Waals surface area contributed by atoms with Gasteiger partial charge in [0.25, 0.3) is 0 Å². The second kappa shape index (κ2) is 5.44. The summed E-state index contributed by atoms with van der Waals surface area (Å²) in [6.45, 7) is 3.62. The molecule has 1 aliphatic rings. The molecule has 6 nitrogen and oxygen atoms in total. The van der Waals surface area contributed by atoms with Crippen LogP contribution < -0.4 is 0 Å². The fraction of sp³-hybridized carbons (Fsp3) is 0.583. The van der Waals surface area contributed by atoms with Crippen LogP contribution in [0, 0.1) is 12.8 Å². The van der Waals surface area contributed by atoms with Crippen molar-refractivity contribution < 1.29 is 23.4 Å². The molecule has 1 fully saturated rings. The topological polar surface area (TPSA) is 94.9 Å². The average molecular weight is 319 g/mol. The molecular weight excluding hydrogens is 302 g/mol. The van der Waals surface area contributed by atoms with Crippen molar-refractivity contribution in [1.82, 2.24) is 4.31 Å². The van der Waals surface area contributed by atoms with Crippen molar-refractivity contribution in [2.45, 2.75) is 31.2 Å². The van der Waals surface area contributed by atoms with Crippen molar-refractivity contribution >= 4 is 27.3 Å². The van der Waals surface area contributed by atoms with Crippen molar-refractivity contribution in [3.8, 4) is 0 Å². The number of hydrogen-bond acceptors (Lipinski definition) is 5. The van der Waals surface area contributed by atoms with Gasteiger partial charge < -0.3 is 10.2 Å². The molecule has 0 aromatic carbocycles. The predicted octanol–water partition coefficient (Wildman–Crippen LogP) is 1.15. The van der Waals surface area contributed by atoms with Crippen LogP contribution in [0.15, 0.2) is 11.0 Å². The number of aryl methyl sites for hydroxylation is 1. The van der Waals surface area contributed by atoms with Crippen LogP contribution in [0.1, 0.15) is 27.9 Å². The van der Waals surface area contributed by atoms with Crippen molar-refractivity contribution in [2.75, 3.05) is 13.2 Å². The van der Waals surface area contributed by atoms with Gasteiger partial charge in [0, 0.05) is 11.4 Å². The van der Waals surface area contributed by atoms with E-state index in [1.165, 1.54) is 10.4 Å². The Kier molecular flexibility index (Phi) is 4.19. The Labute approximate surface area is 121 Å². The first kappa shape index (κ1) is 15.4. The summed E-state index contributed by atoms with van der Waals surface area (Å²) in [7, 11) is -3.76. The van der Waals surface area contributed by atoms with Crippen LogP contribution in [0.4, 0.5) is 0 Å². The molecule has 1 aliphatic heterocycles. The first-order valence-electron chi connectivity index (χ1n) is 6.25. The summed E-state index contributed by atoms with van der Waals surface area (Å²) < 4.78 is 26.6. The van der Waals surface area contributed by atoms with E-state index in [4.69, 9.17) is 5.11 Å². The Morgan fingerprint density at radius 3 is 2.70 bits per heavy atom. The third-order valence-corrected chi connectivity index (χ3v) is 6.91. The lowest BCUT2D eigenvalue weighted by atomic mass is 10.0. The van der Waals surface area contributed by atoms with Crippen molar-refractivity contribution in [2.24, 2.45) is 5.92 Å². The molecule has 2 rings (SSSR count). The number of carboxylic acids is 1. The molecule has 1 aromatic heterocycles. The van der Waals surface area contributed by atoms with Crippen LogP contribution in [0.3, 0.4) is 0 Å². The summed E-state index contributed by atoms with van der Waals surface area (Å²) in [6.07, 6.45) is 0.694. The lowest BCUT2D eigenvalue weighted by Gasteiger charge is -2.24. The van der Waals surface area contributed by atoms with E-state index in [1.54, 1.807) is 6.92 Å². The van der Waals surface area contributed by atoms with Gasteiger partial charge in [0.05, 0.1) is 17.5 Å². The number of aliphatic hydroxyl groups excluding tert-OH is 1. The Hall–Kier alpha value is -0.960. The molecule has 0 radical (unpaired) electrons.